The molecule has 4 bridgehead atoms. The molecule has 2 aromatic heterocycles. The average Bonchev–Trinajstić information content (AvgIpc) is 3.35. The molecule has 1 aromatic carbocycles. The van der Waals surface area contributed by atoms with Gasteiger partial charge in [-0.2, -0.15) is 5.10 Å². The van der Waals surface area contributed by atoms with Gasteiger partial charge in [-0.3, -0.25) is 9.48 Å². The van der Waals surface area contributed by atoms with Crippen LogP contribution in [0.5, 0.6) is 0 Å². The number of hydrogen-bond donors (Lipinski definition) is 1. The number of amides is 1. The van der Waals surface area contributed by atoms with Crippen molar-refractivity contribution in [3.05, 3.63) is 56.1 Å². The van der Waals surface area contributed by atoms with E-state index in [9.17, 15) is 4.79 Å². The van der Waals surface area contributed by atoms with Crippen LogP contribution in [0.15, 0.2) is 35.5 Å². The zero-order valence-electron chi connectivity index (χ0n) is 18.1. The van der Waals surface area contributed by atoms with Crippen molar-refractivity contribution in [1.29, 1.82) is 0 Å². The molecule has 7 nitrogen and oxygen atoms in total. The molecule has 0 saturated heterocycles. The molecule has 0 spiro atoms. The van der Waals surface area contributed by atoms with Crippen LogP contribution < -0.4 is 5.32 Å². The molecule has 1 N–H and O–H groups in total. The molecule has 0 aliphatic heterocycles. The second kappa shape index (κ2) is 8.22. The van der Waals surface area contributed by atoms with Crippen LogP contribution in [-0.2, 0) is 16.9 Å². The van der Waals surface area contributed by atoms with Gasteiger partial charge < -0.3 is 5.32 Å². The number of nitrogens with one attached hydrogen (secondary N) is 1. The van der Waals surface area contributed by atoms with Gasteiger partial charge in [-0.15, -0.1) is 5.10 Å². The number of anilines is 1. The van der Waals surface area contributed by atoms with E-state index in [1.807, 2.05) is 10.7 Å². The summed E-state index contributed by atoms with van der Waals surface area (Å²) in [5.41, 5.74) is 0.259. The minimum Gasteiger partial charge on any atom is -0.307 e. The first-order valence-electron chi connectivity index (χ1n) is 11.3. The Kier molecular flexibility index (Phi) is 5.52. The van der Waals surface area contributed by atoms with Crippen LogP contribution in [0.25, 0.3) is 0 Å². The maximum atomic E-state index is 13.7. The largest absolute Gasteiger partial charge is 0.307 e. The number of benzene rings is 1. The number of hydrogen-bond acceptors (Lipinski definition) is 4. The molecule has 178 valence electrons. The summed E-state index contributed by atoms with van der Waals surface area (Å²) in [6, 6.07) is 5.34. The minimum absolute atomic E-state index is 0.00170. The van der Waals surface area contributed by atoms with Crippen LogP contribution in [-0.4, -0.2) is 30.5 Å². The van der Waals surface area contributed by atoms with Crippen LogP contribution in [0.3, 0.4) is 0 Å². The summed E-state index contributed by atoms with van der Waals surface area (Å²) in [5, 5.41) is 13.7. The van der Waals surface area contributed by atoms with Crippen LogP contribution in [0.4, 0.5) is 5.82 Å². The van der Waals surface area contributed by atoms with Crippen LogP contribution in [0.2, 0.25) is 15.1 Å². The average molecular weight is 585 g/mol. The summed E-state index contributed by atoms with van der Waals surface area (Å²) in [4.78, 5) is 18.0. The third-order valence-corrected chi connectivity index (χ3v) is 8.99. The van der Waals surface area contributed by atoms with E-state index in [0.29, 0.717) is 44.0 Å². The zero-order chi connectivity index (χ0) is 23.7. The van der Waals surface area contributed by atoms with Gasteiger partial charge in [0.25, 0.3) is 0 Å². The molecule has 34 heavy (non-hydrogen) atoms. The second-order valence-electron chi connectivity index (χ2n) is 10.1. The zero-order valence-corrected chi connectivity index (χ0v) is 22.0. The quantitative estimate of drug-likeness (QED) is 0.389. The van der Waals surface area contributed by atoms with Crippen molar-refractivity contribution in [2.24, 2.45) is 17.3 Å². The minimum atomic E-state index is -0.449. The van der Waals surface area contributed by atoms with E-state index >= 15 is 0 Å². The van der Waals surface area contributed by atoms with Crippen molar-refractivity contribution in [1.82, 2.24) is 24.5 Å². The van der Waals surface area contributed by atoms with E-state index in [0.717, 1.165) is 37.7 Å². The number of carbonyl (C=O) groups excluding carboxylic acids is 1. The van der Waals surface area contributed by atoms with E-state index in [2.05, 4.69) is 36.4 Å². The summed E-state index contributed by atoms with van der Waals surface area (Å²) < 4.78 is 4.26. The fraction of sp³-hybridized carbons (Fsp3) is 0.478. The standard InChI is InChI=1S/C23H22BrCl3N6O/c24-21-28-12-33(31-21)23-7-13-3-14(8-23)6-22(5-13,11-23)20(34)29-19-18(27)10-32(30-19)9-15-1-2-16(25)4-17(15)26/h1-2,4,10,12-14H,3,5-9,11H2,(H,29,30,34). The molecule has 3 aromatic rings. The highest BCUT2D eigenvalue weighted by Crippen LogP contribution is 2.64. The van der Waals surface area contributed by atoms with E-state index < -0.39 is 5.41 Å². The van der Waals surface area contributed by atoms with Crippen molar-refractivity contribution in [3.63, 3.8) is 0 Å². The first-order valence-corrected chi connectivity index (χ1v) is 13.2. The predicted octanol–water partition coefficient (Wildman–Crippen LogP) is 6.18. The molecule has 4 aliphatic rings. The Morgan fingerprint density at radius 3 is 2.56 bits per heavy atom. The van der Waals surface area contributed by atoms with Gasteiger partial charge in [-0.25, -0.2) is 9.67 Å². The molecule has 4 fully saturated rings. The fourth-order valence-electron chi connectivity index (χ4n) is 6.85. The molecule has 11 heteroatoms. The third kappa shape index (κ3) is 3.87. The Labute approximate surface area is 220 Å². The summed E-state index contributed by atoms with van der Waals surface area (Å²) >= 11 is 22.2. The van der Waals surface area contributed by atoms with Crippen molar-refractivity contribution in [2.45, 2.75) is 50.6 Å². The van der Waals surface area contributed by atoms with Crippen molar-refractivity contribution < 1.29 is 4.79 Å². The fourth-order valence-corrected chi connectivity index (χ4v) is 7.78. The lowest BCUT2D eigenvalue weighted by molar-refractivity contribution is -0.150. The van der Waals surface area contributed by atoms with Crippen LogP contribution >= 0.6 is 50.7 Å². The number of nitrogens with zero attached hydrogens (tertiary/aromatic N) is 5. The number of aromatic nitrogens is 5. The van der Waals surface area contributed by atoms with Crippen molar-refractivity contribution in [3.8, 4) is 0 Å². The normalized spacial score (nSPS) is 29.5. The lowest BCUT2D eigenvalue weighted by Gasteiger charge is -2.60. The van der Waals surface area contributed by atoms with E-state index in [1.165, 1.54) is 6.42 Å². The molecular formula is C23H22BrCl3N6O. The number of rotatable bonds is 5. The van der Waals surface area contributed by atoms with Crippen molar-refractivity contribution >= 4 is 62.5 Å². The lowest BCUT2D eigenvalue weighted by Crippen LogP contribution is -2.60. The predicted molar refractivity (Wildman–Crippen MR) is 134 cm³/mol. The van der Waals surface area contributed by atoms with Crippen molar-refractivity contribution in [2.75, 3.05) is 5.32 Å². The first-order chi connectivity index (χ1) is 16.2. The third-order valence-electron chi connectivity index (χ3n) is 7.76. The molecule has 4 aliphatic carbocycles. The highest BCUT2D eigenvalue weighted by molar-refractivity contribution is 9.10. The molecule has 4 saturated carbocycles. The summed E-state index contributed by atoms with van der Waals surface area (Å²) in [6.07, 6.45) is 9.32. The van der Waals surface area contributed by atoms with E-state index in [-0.39, 0.29) is 11.4 Å². The molecule has 2 atom stereocenters. The maximum absolute atomic E-state index is 13.7. The highest BCUT2D eigenvalue weighted by Gasteiger charge is 2.61. The molecular weight excluding hydrogens is 563 g/mol. The van der Waals surface area contributed by atoms with Crippen LogP contribution in [0, 0.1) is 17.3 Å². The summed E-state index contributed by atoms with van der Waals surface area (Å²) in [5.74, 6) is 1.40. The van der Waals surface area contributed by atoms with Gasteiger partial charge in [0.15, 0.2) is 5.82 Å². The SMILES string of the molecule is O=C(Nc1nn(Cc2ccc(Cl)cc2Cl)cc1Cl)C12CC3CC(C1)CC(n1cnc(Br)n1)(C3)C2. The molecule has 2 heterocycles. The molecule has 1 amide bonds. The Morgan fingerprint density at radius 1 is 1.12 bits per heavy atom. The van der Waals surface area contributed by atoms with E-state index in [1.54, 1.807) is 29.3 Å². The van der Waals surface area contributed by atoms with Gasteiger partial charge in [0.1, 0.15) is 11.3 Å². The van der Waals surface area contributed by atoms with Gasteiger partial charge in [-0.1, -0.05) is 40.9 Å². The second-order valence-corrected chi connectivity index (χ2v) is 12.1. The molecule has 7 rings (SSSR count). The Bertz CT molecular complexity index is 1280. The summed E-state index contributed by atoms with van der Waals surface area (Å²) in [6.45, 7) is 0.422. The van der Waals surface area contributed by atoms with Gasteiger partial charge in [0, 0.05) is 16.2 Å². The van der Waals surface area contributed by atoms with Gasteiger partial charge in [0.2, 0.25) is 10.6 Å². The number of halogens is 4. The topological polar surface area (TPSA) is 77.6 Å². The summed E-state index contributed by atoms with van der Waals surface area (Å²) in [7, 11) is 0. The Balaban J connectivity index is 1.24. The van der Waals surface area contributed by atoms with Gasteiger partial charge in [0.05, 0.1) is 17.5 Å². The Hall–Kier alpha value is -1.61. The molecule has 0 radical (unpaired) electrons. The van der Waals surface area contributed by atoms with E-state index in [4.69, 9.17) is 34.8 Å². The van der Waals surface area contributed by atoms with Gasteiger partial charge >= 0.3 is 0 Å². The lowest BCUT2D eigenvalue weighted by atomic mass is 9.46. The monoisotopic (exact) mass is 582 g/mol. The highest BCUT2D eigenvalue weighted by atomic mass is 79.9. The first kappa shape index (κ1) is 22.8. The Morgan fingerprint density at radius 2 is 1.88 bits per heavy atom. The molecule has 2 unspecified atom stereocenters. The smallest absolute Gasteiger partial charge is 0.231 e. The number of carbonyl (C=O) groups is 1. The maximum Gasteiger partial charge on any atom is 0.231 e. The van der Waals surface area contributed by atoms with Gasteiger partial charge in [-0.05, 0) is 84.0 Å². The van der Waals surface area contributed by atoms with Crippen LogP contribution in [0.1, 0.15) is 44.1 Å².